The molecule has 1 aromatic carbocycles. The van der Waals surface area contributed by atoms with E-state index in [1.54, 1.807) is 18.0 Å². The van der Waals surface area contributed by atoms with Crippen LogP contribution in [0.5, 0.6) is 0 Å². The Morgan fingerprint density at radius 3 is 3.05 bits per heavy atom. The molecule has 4 nitrogen and oxygen atoms in total. The van der Waals surface area contributed by atoms with Crippen LogP contribution in [-0.4, -0.2) is 38.4 Å². The Kier molecular flexibility index (Phi) is 3.66. The number of rotatable bonds is 3. The second-order valence-electron chi connectivity index (χ2n) is 5.97. The van der Waals surface area contributed by atoms with Crippen molar-refractivity contribution in [2.75, 3.05) is 6.54 Å². The van der Waals surface area contributed by atoms with Gasteiger partial charge in [-0.15, -0.1) is 11.8 Å². The van der Waals surface area contributed by atoms with Crippen LogP contribution in [0.3, 0.4) is 0 Å². The summed E-state index contributed by atoms with van der Waals surface area (Å²) < 4.78 is 1.94. The monoisotopic (exact) mass is 313 g/mol. The van der Waals surface area contributed by atoms with Crippen LogP contribution in [0.1, 0.15) is 18.4 Å². The van der Waals surface area contributed by atoms with Crippen LogP contribution in [0, 0.1) is 0 Å². The van der Waals surface area contributed by atoms with E-state index in [-0.39, 0.29) is 11.3 Å². The van der Waals surface area contributed by atoms with E-state index in [4.69, 9.17) is 0 Å². The summed E-state index contributed by atoms with van der Waals surface area (Å²) in [6.07, 6.45) is 6.81. The maximum atomic E-state index is 12.9. The minimum absolute atomic E-state index is 0.0515. The lowest BCUT2D eigenvalue weighted by atomic mass is 10.1. The molecule has 22 heavy (non-hydrogen) atoms. The van der Waals surface area contributed by atoms with Gasteiger partial charge in [-0.3, -0.25) is 9.48 Å². The highest BCUT2D eigenvalue weighted by atomic mass is 32.2. The minimum atomic E-state index is 0.0515. The van der Waals surface area contributed by atoms with E-state index in [0.717, 1.165) is 32.4 Å². The molecule has 0 spiro atoms. The fourth-order valence-electron chi connectivity index (χ4n) is 3.44. The van der Waals surface area contributed by atoms with Crippen molar-refractivity contribution in [2.45, 2.75) is 42.0 Å². The third-order valence-electron chi connectivity index (χ3n) is 4.54. The number of carbonyl (C=O) groups excluding carboxylic acids is 1. The molecule has 5 heteroatoms. The zero-order chi connectivity index (χ0) is 14.9. The largest absolute Gasteiger partial charge is 0.337 e. The van der Waals surface area contributed by atoms with Crippen molar-refractivity contribution in [2.24, 2.45) is 0 Å². The van der Waals surface area contributed by atoms with Crippen LogP contribution in [-0.2, 0) is 17.8 Å². The fourth-order valence-corrected chi connectivity index (χ4v) is 4.71. The number of nitrogens with zero attached hydrogens (tertiary/aromatic N) is 3. The molecular weight excluding hydrogens is 294 g/mol. The standard InChI is InChI=1S/C17H19N3OS/c21-17(16-11-13-5-1-2-7-15(13)22-16)20-10-3-6-14(20)12-19-9-4-8-18-19/h1-2,4-5,7-9,14,16H,3,6,10-12H2. The van der Waals surface area contributed by atoms with Gasteiger partial charge < -0.3 is 4.90 Å². The van der Waals surface area contributed by atoms with Crippen molar-refractivity contribution in [1.82, 2.24) is 14.7 Å². The molecule has 2 atom stereocenters. The number of fused-ring (bicyclic) bond motifs is 1. The lowest BCUT2D eigenvalue weighted by molar-refractivity contribution is -0.131. The van der Waals surface area contributed by atoms with E-state index < -0.39 is 0 Å². The summed E-state index contributed by atoms with van der Waals surface area (Å²) in [7, 11) is 0. The topological polar surface area (TPSA) is 38.1 Å². The van der Waals surface area contributed by atoms with E-state index in [2.05, 4.69) is 34.3 Å². The maximum Gasteiger partial charge on any atom is 0.236 e. The van der Waals surface area contributed by atoms with Crippen LogP contribution in [0.4, 0.5) is 0 Å². The first-order valence-electron chi connectivity index (χ1n) is 7.84. The smallest absolute Gasteiger partial charge is 0.236 e. The van der Waals surface area contributed by atoms with Crippen molar-refractivity contribution in [3.63, 3.8) is 0 Å². The molecule has 0 bridgehead atoms. The van der Waals surface area contributed by atoms with Gasteiger partial charge in [-0.1, -0.05) is 18.2 Å². The second-order valence-corrected chi connectivity index (χ2v) is 7.22. The lowest BCUT2D eigenvalue weighted by Crippen LogP contribution is -2.42. The summed E-state index contributed by atoms with van der Waals surface area (Å²) in [6, 6.07) is 10.6. The Balaban J connectivity index is 1.46. The maximum absolute atomic E-state index is 12.9. The number of carbonyl (C=O) groups is 1. The lowest BCUT2D eigenvalue weighted by Gasteiger charge is -2.27. The normalized spacial score (nSPS) is 23.7. The van der Waals surface area contributed by atoms with Crippen molar-refractivity contribution in [3.8, 4) is 0 Å². The highest BCUT2D eigenvalue weighted by Crippen LogP contribution is 2.38. The predicted molar refractivity (Wildman–Crippen MR) is 86.8 cm³/mol. The number of aromatic nitrogens is 2. The molecule has 0 aliphatic carbocycles. The summed E-state index contributed by atoms with van der Waals surface area (Å²) in [5.41, 5.74) is 1.31. The van der Waals surface area contributed by atoms with Crippen LogP contribution < -0.4 is 0 Å². The molecule has 0 radical (unpaired) electrons. The Hall–Kier alpha value is -1.75. The van der Waals surface area contributed by atoms with E-state index in [1.807, 2.05) is 16.9 Å². The Morgan fingerprint density at radius 1 is 1.32 bits per heavy atom. The molecule has 114 valence electrons. The fraction of sp³-hybridized carbons (Fsp3) is 0.412. The molecule has 1 amide bonds. The first kappa shape index (κ1) is 13.9. The molecule has 0 N–H and O–H groups in total. The second kappa shape index (κ2) is 5.80. The molecule has 2 aliphatic heterocycles. The van der Waals surface area contributed by atoms with Gasteiger partial charge >= 0.3 is 0 Å². The third-order valence-corrected chi connectivity index (χ3v) is 5.84. The van der Waals surface area contributed by atoms with Crippen molar-refractivity contribution in [3.05, 3.63) is 48.3 Å². The van der Waals surface area contributed by atoms with E-state index in [0.29, 0.717) is 5.91 Å². The first-order chi connectivity index (χ1) is 10.8. The van der Waals surface area contributed by atoms with Gasteiger partial charge in [-0.2, -0.15) is 5.10 Å². The molecule has 2 unspecified atom stereocenters. The molecule has 4 rings (SSSR count). The molecule has 1 aromatic heterocycles. The Labute approximate surface area is 134 Å². The van der Waals surface area contributed by atoms with E-state index in [1.165, 1.54) is 10.5 Å². The average Bonchev–Trinajstić information content (AvgIpc) is 3.27. The summed E-state index contributed by atoms with van der Waals surface area (Å²) in [6.45, 7) is 1.70. The van der Waals surface area contributed by atoms with Crippen LogP contribution >= 0.6 is 11.8 Å². The number of thioether (sulfide) groups is 1. The first-order valence-corrected chi connectivity index (χ1v) is 8.72. The zero-order valence-corrected chi connectivity index (χ0v) is 13.2. The molecular formula is C17H19N3OS. The van der Waals surface area contributed by atoms with Gasteiger partial charge in [0.1, 0.15) is 0 Å². The number of hydrogen-bond acceptors (Lipinski definition) is 3. The number of benzene rings is 1. The van der Waals surface area contributed by atoms with Crippen molar-refractivity contribution >= 4 is 17.7 Å². The summed E-state index contributed by atoms with van der Waals surface area (Å²) in [5, 5.41) is 4.33. The number of amides is 1. The molecule has 0 saturated carbocycles. The van der Waals surface area contributed by atoms with Gasteiger partial charge in [0.15, 0.2) is 0 Å². The highest BCUT2D eigenvalue weighted by molar-refractivity contribution is 8.01. The molecule has 2 aromatic rings. The van der Waals surface area contributed by atoms with Gasteiger partial charge in [0, 0.05) is 23.8 Å². The van der Waals surface area contributed by atoms with Crippen molar-refractivity contribution in [1.29, 1.82) is 0 Å². The van der Waals surface area contributed by atoms with Crippen LogP contribution in [0.25, 0.3) is 0 Å². The Morgan fingerprint density at radius 2 is 2.23 bits per heavy atom. The van der Waals surface area contributed by atoms with Gasteiger partial charge in [-0.05, 0) is 37.0 Å². The van der Waals surface area contributed by atoms with Crippen molar-refractivity contribution < 1.29 is 4.79 Å². The SMILES string of the molecule is O=C(C1Cc2ccccc2S1)N1CCCC1Cn1cccn1. The summed E-state index contributed by atoms with van der Waals surface area (Å²) in [4.78, 5) is 16.3. The predicted octanol–water partition coefficient (Wildman–Crippen LogP) is 2.59. The quantitative estimate of drug-likeness (QED) is 0.874. The molecule has 2 aliphatic rings. The number of hydrogen-bond donors (Lipinski definition) is 0. The van der Waals surface area contributed by atoms with Gasteiger partial charge in [0.2, 0.25) is 5.91 Å². The molecule has 3 heterocycles. The highest BCUT2D eigenvalue weighted by Gasteiger charge is 2.36. The molecule has 1 fully saturated rings. The van der Waals surface area contributed by atoms with Crippen LogP contribution in [0.2, 0.25) is 0 Å². The molecule has 1 saturated heterocycles. The van der Waals surface area contributed by atoms with Gasteiger partial charge in [0.05, 0.1) is 17.8 Å². The Bertz CT molecular complexity index is 645. The van der Waals surface area contributed by atoms with Gasteiger partial charge in [-0.25, -0.2) is 0 Å². The minimum Gasteiger partial charge on any atom is -0.337 e. The third kappa shape index (κ3) is 2.54. The van der Waals surface area contributed by atoms with E-state index in [9.17, 15) is 4.79 Å². The summed E-state index contributed by atoms with van der Waals surface area (Å²) in [5.74, 6) is 0.302. The van der Waals surface area contributed by atoms with E-state index >= 15 is 0 Å². The summed E-state index contributed by atoms with van der Waals surface area (Å²) >= 11 is 1.73. The van der Waals surface area contributed by atoms with Gasteiger partial charge in [0.25, 0.3) is 0 Å². The average molecular weight is 313 g/mol. The number of likely N-dealkylation sites (tertiary alicyclic amines) is 1. The van der Waals surface area contributed by atoms with Crippen LogP contribution in [0.15, 0.2) is 47.6 Å². The zero-order valence-electron chi connectivity index (χ0n) is 12.4.